The SMILES string of the molecule is Nc1nc(Cc2c(Cl)cccc2Cl)nc2c1C(=O)NC(=O)C2. The third kappa shape index (κ3) is 2.63. The number of imide groups is 1. The van der Waals surface area contributed by atoms with Gasteiger partial charge in [0.1, 0.15) is 17.2 Å². The van der Waals surface area contributed by atoms with Crippen LogP contribution in [0.2, 0.25) is 10.0 Å². The minimum atomic E-state index is -0.578. The van der Waals surface area contributed by atoms with Gasteiger partial charge < -0.3 is 5.73 Å². The molecule has 2 amide bonds. The summed E-state index contributed by atoms with van der Waals surface area (Å²) < 4.78 is 0. The number of anilines is 1. The Labute approximate surface area is 135 Å². The van der Waals surface area contributed by atoms with Crippen LogP contribution in [0.3, 0.4) is 0 Å². The van der Waals surface area contributed by atoms with Crippen LogP contribution in [0.25, 0.3) is 0 Å². The molecule has 1 aromatic heterocycles. The van der Waals surface area contributed by atoms with E-state index in [1.54, 1.807) is 18.2 Å². The first-order valence-electron chi connectivity index (χ1n) is 6.38. The highest BCUT2D eigenvalue weighted by molar-refractivity contribution is 6.36. The fourth-order valence-electron chi connectivity index (χ4n) is 2.28. The number of nitrogens with two attached hydrogens (primary N) is 1. The molecule has 8 heteroatoms. The molecule has 0 atom stereocenters. The van der Waals surface area contributed by atoms with Gasteiger partial charge in [-0.3, -0.25) is 14.9 Å². The number of carbonyl (C=O) groups is 2. The molecule has 112 valence electrons. The van der Waals surface area contributed by atoms with Gasteiger partial charge in [0.05, 0.1) is 12.1 Å². The number of hydrogen-bond acceptors (Lipinski definition) is 5. The lowest BCUT2D eigenvalue weighted by Crippen LogP contribution is -2.39. The highest BCUT2D eigenvalue weighted by Crippen LogP contribution is 2.27. The second-order valence-corrected chi connectivity index (χ2v) is 5.59. The van der Waals surface area contributed by atoms with Crippen molar-refractivity contribution in [3.63, 3.8) is 0 Å². The van der Waals surface area contributed by atoms with Gasteiger partial charge in [-0.2, -0.15) is 0 Å². The Kier molecular flexibility index (Phi) is 3.72. The molecule has 1 aliphatic rings. The smallest absolute Gasteiger partial charge is 0.263 e. The number of hydrogen-bond donors (Lipinski definition) is 2. The van der Waals surface area contributed by atoms with Crippen LogP contribution < -0.4 is 11.1 Å². The summed E-state index contributed by atoms with van der Waals surface area (Å²) >= 11 is 12.2. The maximum atomic E-state index is 11.8. The van der Waals surface area contributed by atoms with E-state index in [-0.39, 0.29) is 24.2 Å². The van der Waals surface area contributed by atoms with Gasteiger partial charge in [-0.1, -0.05) is 29.3 Å². The van der Waals surface area contributed by atoms with Gasteiger partial charge >= 0.3 is 0 Å². The van der Waals surface area contributed by atoms with Gasteiger partial charge in [-0.05, 0) is 17.7 Å². The van der Waals surface area contributed by atoms with E-state index < -0.39 is 11.8 Å². The van der Waals surface area contributed by atoms with Crippen molar-refractivity contribution in [1.82, 2.24) is 15.3 Å². The molecule has 3 N–H and O–H groups in total. The molecule has 1 aromatic carbocycles. The Morgan fingerprint density at radius 1 is 1.18 bits per heavy atom. The summed E-state index contributed by atoms with van der Waals surface area (Å²) in [5, 5.41) is 3.16. The van der Waals surface area contributed by atoms with Crippen molar-refractivity contribution in [2.45, 2.75) is 12.8 Å². The van der Waals surface area contributed by atoms with Crippen LogP contribution in [0.4, 0.5) is 5.82 Å². The molecule has 2 heterocycles. The summed E-state index contributed by atoms with van der Waals surface area (Å²) in [6.45, 7) is 0. The maximum absolute atomic E-state index is 11.8. The van der Waals surface area contributed by atoms with E-state index in [1.165, 1.54) is 0 Å². The molecule has 0 bridgehead atoms. The zero-order valence-corrected chi connectivity index (χ0v) is 12.7. The van der Waals surface area contributed by atoms with Crippen molar-refractivity contribution in [1.29, 1.82) is 0 Å². The molecule has 0 radical (unpaired) electrons. The average Bonchev–Trinajstić information content (AvgIpc) is 2.41. The van der Waals surface area contributed by atoms with Crippen LogP contribution in [0, 0.1) is 0 Å². The number of fused-ring (bicyclic) bond motifs is 1. The third-order valence-electron chi connectivity index (χ3n) is 3.26. The summed E-state index contributed by atoms with van der Waals surface area (Å²) in [6, 6.07) is 5.16. The number of carbonyl (C=O) groups excluding carboxylic acids is 2. The van der Waals surface area contributed by atoms with E-state index in [9.17, 15) is 9.59 Å². The molecule has 0 spiro atoms. The minimum Gasteiger partial charge on any atom is -0.383 e. The average molecular weight is 337 g/mol. The summed E-state index contributed by atoms with van der Waals surface area (Å²) in [4.78, 5) is 31.6. The second-order valence-electron chi connectivity index (χ2n) is 4.78. The normalized spacial score (nSPS) is 13.7. The van der Waals surface area contributed by atoms with Gasteiger partial charge in [0.2, 0.25) is 5.91 Å². The van der Waals surface area contributed by atoms with E-state index in [0.717, 1.165) is 0 Å². The molecule has 22 heavy (non-hydrogen) atoms. The molecule has 0 aliphatic carbocycles. The van der Waals surface area contributed by atoms with Crippen LogP contribution in [0.15, 0.2) is 18.2 Å². The predicted molar refractivity (Wildman–Crippen MR) is 81.9 cm³/mol. The zero-order chi connectivity index (χ0) is 15.9. The molecule has 1 aliphatic heterocycles. The van der Waals surface area contributed by atoms with Gasteiger partial charge in [0.25, 0.3) is 5.91 Å². The number of nitrogen functional groups attached to an aromatic ring is 1. The first kappa shape index (κ1) is 14.7. The Morgan fingerprint density at radius 2 is 1.86 bits per heavy atom. The van der Waals surface area contributed by atoms with Gasteiger partial charge in [-0.15, -0.1) is 0 Å². The Hall–Kier alpha value is -2.18. The maximum Gasteiger partial charge on any atom is 0.263 e. The van der Waals surface area contributed by atoms with Crippen LogP contribution >= 0.6 is 23.2 Å². The number of benzene rings is 1. The minimum absolute atomic E-state index is 0.0168. The van der Waals surface area contributed by atoms with Crippen molar-refractivity contribution in [2.75, 3.05) is 5.73 Å². The van der Waals surface area contributed by atoms with Crippen LogP contribution in [0.1, 0.15) is 27.4 Å². The van der Waals surface area contributed by atoms with Gasteiger partial charge in [0, 0.05) is 16.5 Å². The standard InChI is InChI=1S/C14H10Cl2N4O2/c15-7-2-1-3-8(16)6(7)4-10-18-9-5-11(21)20-14(22)12(9)13(17)19-10/h1-3H,4-5H2,(H2,17,18,19)(H,20,21,22). The third-order valence-corrected chi connectivity index (χ3v) is 3.97. The van der Waals surface area contributed by atoms with E-state index >= 15 is 0 Å². The van der Waals surface area contributed by atoms with Crippen LogP contribution in [-0.2, 0) is 17.6 Å². The van der Waals surface area contributed by atoms with Crippen molar-refractivity contribution >= 4 is 40.8 Å². The number of nitrogens with one attached hydrogen (secondary N) is 1. The first-order chi connectivity index (χ1) is 10.5. The Bertz CT molecular complexity index is 787. The van der Waals surface area contributed by atoms with Crippen LogP contribution in [-0.4, -0.2) is 21.8 Å². The molecule has 0 saturated carbocycles. The largest absolute Gasteiger partial charge is 0.383 e. The molecular formula is C14H10Cl2N4O2. The molecule has 2 aromatic rings. The lowest BCUT2D eigenvalue weighted by molar-refractivity contribution is -0.119. The highest BCUT2D eigenvalue weighted by atomic mass is 35.5. The lowest BCUT2D eigenvalue weighted by Gasteiger charge is -2.17. The Balaban J connectivity index is 2.03. The fourth-order valence-corrected chi connectivity index (χ4v) is 2.81. The van der Waals surface area contributed by atoms with E-state index in [2.05, 4.69) is 15.3 Å². The molecule has 0 unspecified atom stereocenters. The molecule has 0 fully saturated rings. The number of nitrogens with zero attached hydrogens (tertiary/aromatic N) is 2. The quantitative estimate of drug-likeness (QED) is 0.814. The summed E-state index contributed by atoms with van der Waals surface area (Å²) in [5.41, 5.74) is 6.95. The zero-order valence-electron chi connectivity index (χ0n) is 11.2. The van der Waals surface area contributed by atoms with Crippen molar-refractivity contribution < 1.29 is 9.59 Å². The molecule has 0 saturated heterocycles. The topological polar surface area (TPSA) is 98.0 Å². The van der Waals surface area contributed by atoms with E-state index in [0.29, 0.717) is 27.1 Å². The number of halogens is 2. The van der Waals surface area contributed by atoms with E-state index in [1.807, 2.05) is 0 Å². The fraction of sp³-hybridized carbons (Fsp3) is 0.143. The molecular weight excluding hydrogens is 327 g/mol. The number of aromatic nitrogens is 2. The summed E-state index contributed by atoms with van der Waals surface area (Å²) in [7, 11) is 0. The van der Waals surface area contributed by atoms with Crippen molar-refractivity contribution in [3.8, 4) is 0 Å². The van der Waals surface area contributed by atoms with E-state index in [4.69, 9.17) is 28.9 Å². The van der Waals surface area contributed by atoms with Crippen LogP contribution in [0.5, 0.6) is 0 Å². The molecule has 3 rings (SSSR count). The van der Waals surface area contributed by atoms with Crippen molar-refractivity contribution in [3.05, 3.63) is 50.9 Å². The van der Waals surface area contributed by atoms with Crippen molar-refractivity contribution in [2.24, 2.45) is 0 Å². The Morgan fingerprint density at radius 3 is 2.55 bits per heavy atom. The number of amides is 2. The van der Waals surface area contributed by atoms with Gasteiger partial charge in [0.15, 0.2) is 0 Å². The van der Waals surface area contributed by atoms with Gasteiger partial charge in [-0.25, -0.2) is 9.97 Å². The monoisotopic (exact) mass is 336 g/mol. The number of rotatable bonds is 2. The first-order valence-corrected chi connectivity index (χ1v) is 7.13. The molecule has 6 nitrogen and oxygen atoms in total. The lowest BCUT2D eigenvalue weighted by atomic mass is 10.1. The highest BCUT2D eigenvalue weighted by Gasteiger charge is 2.27. The summed E-state index contributed by atoms with van der Waals surface area (Å²) in [6.07, 6.45) is 0.239. The second kappa shape index (κ2) is 5.55. The predicted octanol–water partition coefficient (Wildman–Crippen LogP) is 1.77. The summed E-state index contributed by atoms with van der Waals surface area (Å²) in [5.74, 6) is -0.606.